The number of para-hydroxylation sites is 1. The predicted octanol–water partition coefficient (Wildman–Crippen LogP) is 2.08. The molecular weight excluding hydrogens is 378 g/mol. The monoisotopic (exact) mass is 407 g/mol. The normalized spacial score (nSPS) is 18.3. The molecule has 2 aliphatic heterocycles. The lowest BCUT2D eigenvalue weighted by molar-refractivity contribution is -0.133. The zero-order valence-corrected chi connectivity index (χ0v) is 17.2. The summed E-state index contributed by atoms with van der Waals surface area (Å²) in [6.45, 7) is 5.08. The summed E-state index contributed by atoms with van der Waals surface area (Å²) in [4.78, 5) is 36.0. The lowest BCUT2D eigenvalue weighted by atomic mass is 9.95. The van der Waals surface area contributed by atoms with Gasteiger partial charge in [0.1, 0.15) is 5.82 Å². The predicted molar refractivity (Wildman–Crippen MR) is 117 cm³/mol. The van der Waals surface area contributed by atoms with E-state index in [-0.39, 0.29) is 17.7 Å². The molecule has 2 saturated heterocycles. The van der Waals surface area contributed by atoms with Crippen LogP contribution in [0.25, 0.3) is 0 Å². The number of carbonyl (C=O) groups is 2. The number of anilines is 2. The number of nitrogens with one attached hydrogen (secondary N) is 1. The Morgan fingerprint density at radius 2 is 1.60 bits per heavy atom. The molecule has 3 heterocycles. The summed E-state index contributed by atoms with van der Waals surface area (Å²) in [5.41, 5.74) is 0.838. The number of amides is 2. The van der Waals surface area contributed by atoms with E-state index in [0.717, 1.165) is 63.6 Å². The van der Waals surface area contributed by atoms with Gasteiger partial charge in [0.25, 0.3) is 0 Å². The lowest BCUT2D eigenvalue weighted by Crippen LogP contribution is -2.52. The molecule has 7 heteroatoms. The molecular formula is C23H29N5O2. The van der Waals surface area contributed by atoms with Crippen LogP contribution in [-0.4, -0.2) is 72.4 Å². The van der Waals surface area contributed by atoms with Crippen molar-refractivity contribution in [3.63, 3.8) is 0 Å². The number of nitrogens with zero attached hydrogens (tertiary/aromatic N) is 4. The third kappa shape index (κ3) is 5.16. The smallest absolute Gasteiger partial charge is 0.236 e. The number of piperazine rings is 1. The minimum Gasteiger partial charge on any atom is -0.353 e. The number of rotatable bonds is 5. The maximum atomic E-state index is 12.7. The Labute approximate surface area is 177 Å². The maximum Gasteiger partial charge on any atom is 0.236 e. The van der Waals surface area contributed by atoms with Crippen molar-refractivity contribution in [3.8, 4) is 0 Å². The van der Waals surface area contributed by atoms with Crippen LogP contribution in [0.4, 0.5) is 11.5 Å². The van der Waals surface area contributed by atoms with Crippen molar-refractivity contribution in [2.45, 2.75) is 12.8 Å². The van der Waals surface area contributed by atoms with Gasteiger partial charge in [-0.2, -0.15) is 0 Å². The molecule has 30 heavy (non-hydrogen) atoms. The first-order valence-electron chi connectivity index (χ1n) is 10.7. The molecule has 0 aliphatic carbocycles. The van der Waals surface area contributed by atoms with Gasteiger partial charge in [-0.1, -0.05) is 24.3 Å². The molecule has 2 amide bonds. The molecule has 0 atom stereocenters. The minimum atomic E-state index is 0.0125. The zero-order chi connectivity index (χ0) is 20.8. The molecule has 0 saturated carbocycles. The number of hydrogen-bond acceptors (Lipinski definition) is 5. The highest BCUT2D eigenvalue weighted by Gasteiger charge is 2.28. The van der Waals surface area contributed by atoms with E-state index >= 15 is 0 Å². The summed E-state index contributed by atoms with van der Waals surface area (Å²) < 4.78 is 0. The van der Waals surface area contributed by atoms with E-state index in [1.165, 1.54) is 0 Å². The van der Waals surface area contributed by atoms with Crippen LogP contribution in [-0.2, 0) is 9.59 Å². The van der Waals surface area contributed by atoms with Crippen LogP contribution < -0.4 is 10.2 Å². The Morgan fingerprint density at radius 3 is 2.27 bits per heavy atom. The van der Waals surface area contributed by atoms with Gasteiger partial charge in [-0.15, -0.1) is 0 Å². The molecule has 2 aliphatic rings. The molecule has 2 fully saturated rings. The van der Waals surface area contributed by atoms with Crippen LogP contribution in [0, 0.1) is 5.92 Å². The van der Waals surface area contributed by atoms with Crippen molar-refractivity contribution in [3.05, 3.63) is 54.7 Å². The Morgan fingerprint density at radius 1 is 0.900 bits per heavy atom. The number of benzene rings is 1. The number of piperidine rings is 1. The third-order valence-corrected chi connectivity index (χ3v) is 5.96. The van der Waals surface area contributed by atoms with Gasteiger partial charge in [0.05, 0.1) is 6.54 Å². The van der Waals surface area contributed by atoms with Gasteiger partial charge in [-0.25, -0.2) is 4.98 Å². The van der Waals surface area contributed by atoms with Crippen LogP contribution >= 0.6 is 0 Å². The van der Waals surface area contributed by atoms with Crippen molar-refractivity contribution in [2.75, 3.05) is 56.0 Å². The second-order valence-corrected chi connectivity index (χ2v) is 7.96. The van der Waals surface area contributed by atoms with Crippen molar-refractivity contribution >= 4 is 23.3 Å². The molecule has 0 bridgehead atoms. The van der Waals surface area contributed by atoms with E-state index < -0.39 is 0 Å². The number of pyridine rings is 1. The van der Waals surface area contributed by atoms with E-state index in [9.17, 15) is 9.59 Å². The Kier molecular flexibility index (Phi) is 6.59. The summed E-state index contributed by atoms with van der Waals surface area (Å²) in [6.07, 6.45) is 3.38. The van der Waals surface area contributed by atoms with Gasteiger partial charge in [0.2, 0.25) is 11.8 Å². The Hall–Kier alpha value is -2.93. The molecule has 0 spiro atoms. The summed E-state index contributed by atoms with van der Waals surface area (Å²) in [6, 6.07) is 15.5. The van der Waals surface area contributed by atoms with Crippen LogP contribution in [0.2, 0.25) is 0 Å². The second-order valence-electron chi connectivity index (χ2n) is 7.96. The summed E-state index contributed by atoms with van der Waals surface area (Å²) in [5, 5.41) is 2.99. The van der Waals surface area contributed by atoms with Gasteiger partial charge in [0, 0.05) is 44.0 Å². The van der Waals surface area contributed by atoms with E-state index in [2.05, 4.69) is 20.1 Å². The van der Waals surface area contributed by atoms with Crippen LogP contribution in [0.5, 0.6) is 0 Å². The van der Waals surface area contributed by atoms with Crippen molar-refractivity contribution in [2.24, 2.45) is 5.92 Å². The Balaban J connectivity index is 1.19. The maximum absolute atomic E-state index is 12.7. The van der Waals surface area contributed by atoms with Crippen molar-refractivity contribution in [1.82, 2.24) is 14.8 Å². The van der Waals surface area contributed by atoms with E-state index in [4.69, 9.17) is 0 Å². The quantitative estimate of drug-likeness (QED) is 0.822. The summed E-state index contributed by atoms with van der Waals surface area (Å²) in [5.74, 6) is 1.25. The van der Waals surface area contributed by atoms with Crippen LogP contribution in [0.15, 0.2) is 54.7 Å². The van der Waals surface area contributed by atoms with Crippen LogP contribution in [0.1, 0.15) is 12.8 Å². The van der Waals surface area contributed by atoms with Crippen LogP contribution in [0.3, 0.4) is 0 Å². The van der Waals surface area contributed by atoms with Gasteiger partial charge in [-0.05, 0) is 50.2 Å². The summed E-state index contributed by atoms with van der Waals surface area (Å²) in [7, 11) is 0. The zero-order valence-electron chi connectivity index (χ0n) is 17.2. The molecule has 158 valence electrons. The second kappa shape index (κ2) is 9.71. The largest absolute Gasteiger partial charge is 0.353 e. The Bertz CT molecular complexity index is 829. The summed E-state index contributed by atoms with van der Waals surface area (Å²) >= 11 is 0. The van der Waals surface area contributed by atoms with Gasteiger partial charge in [-0.3, -0.25) is 14.5 Å². The molecule has 4 rings (SSSR count). The average Bonchev–Trinajstić information content (AvgIpc) is 2.81. The molecule has 7 nitrogen and oxygen atoms in total. The number of carbonyl (C=O) groups excluding carboxylic acids is 2. The van der Waals surface area contributed by atoms with Gasteiger partial charge in [0.15, 0.2) is 0 Å². The molecule has 2 aromatic rings. The first-order valence-corrected chi connectivity index (χ1v) is 10.7. The molecule has 1 N–H and O–H groups in total. The fourth-order valence-corrected chi connectivity index (χ4v) is 4.14. The first-order chi connectivity index (χ1) is 14.7. The highest BCUT2D eigenvalue weighted by Crippen LogP contribution is 2.20. The van der Waals surface area contributed by atoms with E-state index in [0.29, 0.717) is 6.54 Å². The van der Waals surface area contributed by atoms with E-state index in [1.54, 1.807) is 6.20 Å². The first kappa shape index (κ1) is 20.3. The number of likely N-dealkylation sites (tertiary alicyclic amines) is 1. The van der Waals surface area contributed by atoms with E-state index in [1.807, 2.05) is 53.4 Å². The lowest BCUT2D eigenvalue weighted by Gasteiger charge is -2.37. The highest BCUT2D eigenvalue weighted by atomic mass is 16.2. The van der Waals surface area contributed by atoms with Crippen molar-refractivity contribution < 1.29 is 9.59 Å². The molecule has 0 radical (unpaired) electrons. The topological polar surface area (TPSA) is 68.8 Å². The molecule has 1 aromatic carbocycles. The van der Waals surface area contributed by atoms with Gasteiger partial charge >= 0.3 is 0 Å². The molecule has 1 aromatic heterocycles. The SMILES string of the molecule is O=C(Nc1ccccc1)C1CCN(CC(=O)N2CCN(c3ccccn3)CC2)CC1. The standard InChI is InChI=1S/C23H29N5O2/c29-22(28-16-14-27(15-17-28)21-8-4-5-11-24-21)18-26-12-9-19(10-13-26)23(30)25-20-6-2-1-3-7-20/h1-8,11,19H,9-10,12-18H2,(H,25,30). The number of aromatic nitrogens is 1. The third-order valence-electron chi connectivity index (χ3n) is 5.96. The minimum absolute atomic E-state index is 0.0125. The van der Waals surface area contributed by atoms with Crippen molar-refractivity contribution in [1.29, 1.82) is 0 Å². The average molecular weight is 408 g/mol. The number of hydrogen-bond donors (Lipinski definition) is 1. The fraction of sp³-hybridized carbons (Fsp3) is 0.435. The molecule has 0 unspecified atom stereocenters. The van der Waals surface area contributed by atoms with Gasteiger partial charge < -0.3 is 15.1 Å². The fourth-order valence-electron chi connectivity index (χ4n) is 4.14. The highest BCUT2D eigenvalue weighted by molar-refractivity contribution is 5.92.